The largest absolute Gasteiger partial charge is 0.454 e. The van der Waals surface area contributed by atoms with Crippen molar-refractivity contribution < 1.29 is 9.13 Å². The maximum atomic E-state index is 13.6. The van der Waals surface area contributed by atoms with E-state index in [0.29, 0.717) is 16.7 Å². The lowest BCUT2D eigenvalue weighted by Gasteiger charge is -2.19. The van der Waals surface area contributed by atoms with E-state index in [9.17, 15) is 4.39 Å². The van der Waals surface area contributed by atoms with Crippen LogP contribution in [0.25, 0.3) is 10.9 Å². The fraction of sp³-hybridized carbons (Fsp3) is 0.0455. The molecule has 1 atom stereocenters. The molecule has 1 aromatic heterocycles. The van der Waals surface area contributed by atoms with Crippen LogP contribution in [0.2, 0.25) is 11.7 Å². The summed E-state index contributed by atoms with van der Waals surface area (Å²) in [6.07, 6.45) is 0. The van der Waals surface area contributed by atoms with Crippen LogP contribution in [0, 0.1) is 5.82 Å². The standard InChI is InChI=1S/C22H17ClFNOSi/c1-27(17-10-3-2-4-11-17)21-18-12-5-6-13-19(18)25-22(23)20(21)26-16-9-7-8-15(24)14-16/h2-14,27H,1H3. The normalized spacial score (nSPS) is 12.1. The zero-order chi connectivity index (χ0) is 18.8. The molecule has 0 saturated carbocycles. The van der Waals surface area contributed by atoms with Gasteiger partial charge in [-0.15, -0.1) is 0 Å². The van der Waals surface area contributed by atoms with Crippen LogP contribution in [-0.2, 0) is 0 Å². The monoisotopic (exact) mass is 393 g/mol. The molecule has 1 heterocycles. The van der Waals surface area contributed by atoms with Crippen molar-refractivity contribution in [3.63, 3.8) is 0 Å². The summed E-state index contributed by atoms with van der Waals surface area (Å²) in [7, 11) is -1.63. The summed E-state index contributed by atoms with van der Waals surface area (Å²) in [6.45, 7) is 2.24. The van der Waals surface area contributed by atoms with Gasteiger partial charge in [-0.2, -0.15) is 0 Å². The van der Waals surface area contributed by atoms with Gasteiger partial charge in [-0.1, -0.05) is 77.9 Å². The number of hydrogen-bond acceptors (Lipinski definition) is 2. The summed E-state index contributed by atoms with van der Waals surface area (Å²) in [6, 6.07) is 24.3. The molecule has 1 unspecified atom stereocenters. The summed E-state index contributed by atoms with van der Waals surface area (Å²) in [5.74, 6) is 0.570. The minimum Gasteiger partial charge on any atom is -0.454 e. The van der Waals surface area contributed by atoms with Crippen LogP contribution in [0.3, 0.4) is 0 Å². The van der Waals surface area contributed by atoms with E-state index in [2.05, 4.69) is 23.7 Å². The van der Waals surface area contributed by atoms with Gasteiger partial charge in [-0.05, 0) is 23.4 Å². The Morgan fingerprint density at radius 3 is 2.44 bits per heavy atom. The highest BCUT2D eigenvalue weighted by molar-refractivity contribution is 6.86. The van der Waals surface area contributed by atoms with Crippen molar-refractivity contribution in [2.75, 3.05) is 0 Å². The molecule has 4 aromatic rings. The third-order valence-corrected chi connectivity index (χ3v) is 7.67. The predicted molar refractivity (Wildman–Crippen MR) is 112 cm³/mol. The van der Waals surface area contributed by atoms with Crippen LogP contribution in [-0.4, -0.2) is 13.8 Å². The van der Waals surface area contributed by atoms with Gasteiger partial charge in [0.1, 0.15) is 20.4 Å². The Labute approximate surface area is 163 Å². The van der Waals surface area contributed by atoms with Gasteiger partial charge in [0.15, 0.2) is 10.9 Å². The van der Waals surface area contributed by atoms with Gasteiger partial charge >= 0.3 is 0 Å². The average Bonchev–Trinajstić information content (AvgIpc) is 2.69. The number of nitrogens with zero attached hydrogens (tertiary/aromatic N) is 1. The van der Waals surface area contributed by atoms with Crippen LogP contribution in [0.1, 0.15) is 0 Å². The van der Waals surface area contributed by atoms with Crippen LogP contribution in [0.4, 0.5) is 4.39 Å². The molecule has 0 saturated heterocycles. The smallest absolute Gasteiger partial charge is 0.172 e. The van der Waals surface area contributed by atoms with Crippen LogP contribution in [0.15, 0.2) is 78.9 Å². The summed E-state index contributed by atoms with van der Waals surface area (Å²) < 4.78 is 19.7. The number of hydrogen-bond donors (Lipinski definition) is 0. The highest BCUT2D eigenvalue weighted by Crippen LogP contribution is 2.30. The highest BCUT2D eigenvalue weighted by atomic mass is 35.5. The maximum absolute atomic E-state index is 13.6. The van der Waals surface area contributed by atoms with E-state index in [1.54, 1.807) is 12.1 Å². The lowest BCUT2D eigenvalue weighted by Crippen LogP contribution is -2.40. The quantitative estimate of drug-likeness (QED) is 0.367. The average molecular weight is 394 g/mol. The number of benzene rings is 3. The molecule has 0 aliphatic rings. The van der Waals surface area contributed by atoms with E-state index in [-0.39, 0.29) is 5.82 Å². The van der Waals surface area contributed by atoms with Gasteiger partial charge in [0.2, 0.25) is 0 Å². The van der Waals surface area contributed by atoms with E-state index < -0.39 is 8.80 Å². The molecule has 27 heavy (non-hydrogen) atoms. The minimum absolute atomic E-state index is 0.295. The number of ether oxygens (including phenoxy) is 1. The Morgan fingerprint density at radius 1 is 0.926 bits per heavy atom. The second-order valence-electron chi connectivity index (χ2n) is 6.35. The maximum Gasteiger partial charge on any atom is 0.172 e. The first-order valence-corrected chi connectivity index (χ1v) is 11.4. The summed E-state index contributed by atoms with van der Waals surface area (Å²) in [4.78, 5) is 4.50. The van der Waals surface area contributed by atoms with Gasteiger partial charge < -0.3 is 4.74 Å². The zero-order valence-electron chi connectivity index (χ0n) is 14.7. The molecule has 2 nitrogen and oxygen atoms in total. The number of fused-ring (bicyclic) bond motifs is 1. The number of pyridine rings is 1. The molecule has 0 bridgehead atoms. The van der Waals surface area contributed by atoms with E-state index >= 15 is 0 Å². The van der Waals surface area contributed by atoms with Crippen molar-refractivity contribution >= 4 is 41.7 Å². The van der Waals surface area contributed by atoms with Gasteiger partial charge in [0.25, 0.3) is 0 Å². The predicted octanol–water partition coefficient (Wildman–Crippen LogP) is 4.79. The third kappa shape index (κ3) is 3.59. The first kappa shape index (κ1) is 17.7. The summed E-state index contributed by atoms with van der Waals surface area (Å²) in [5, 5.41) is 3.66. The fourth-order valence-electron chi connectivity index (χ4n) is 3.27. The number of rotatable bonds is 4. The Morgan fingerprint density at radius 2 is 1.67 bits per heavy atom. The second kappa shape index (κ2) is 7.51. The lowest BCUT2D eigenvalue weighted by atomic mass is 10.2. The van der Waals surface area contributed by atoms with E-state index in [1.165, 1.54) is 17.3 Å². The lowest BCUT2D eigenvalue weighted by molar-refractivity contribution is 0.479. The third-order valence-electron chi connectivity index (χ3n) is 4.59. The van der Waals surface area contributed by atoms with Gasteiger partial charge in [0.05, 0.1) is 5.52 Å². The van der Waals surface area contributed by atoms with Gasteiger partial charge in [0, 0.05) is 11.5 Å². The van der Waals surface area contributed by atoms with Crippen LogP contribution < -0.4 is 15.1 Å². The number of halogens is 2. The molecule has 0 amide bonds. The SMILES string of the molecule is C[SiH](c1ccccc1)c1c(Oc2cccc(F)c2)c(Cl)nc2ccccc12. The Bertz CT molecular complexity index is 1100. The molecule has 134 valence electrons. The van der Waals surface area contributed by atoms with Crippen molar-refractivity contribution in [1.82, 2.24) is 4.98 Å². The molecule has 5 heteroatoms. The molecular formula is C22H17ClFNOSi. The number of para-hydroxylation sites is 1. The minimum atomic E-state index is -1.63. The topological polar surface area (TPSA) is 22.1 Å². The Balaban J connectivity index is 1.93. The van der Waals surface area contributed by atoms with Crippen molar-refractivity contribution in [2.24, 2.45) is 0 Å². The van der Waals surface area contributed by atoms with Crippen molar-refractivity contribution in [3.05, 3.63) is 89.8 Å². The second-order valence-corrected chi connectivity index (χ2v) is 9.40. The molecule has 3 aromatic carbocycles. The molecule has 0 spiro atoms. The van der Waals surface area contributed by atoms with Crippen LogP contribution in [0.5, 0.6) is 11.5 Å². The zero-order valence-corrected chi connectivity index (χ0v) is 16.6. The molecule has 0 radical (unpaired) electrons. The molecule has 0 aliphatic carbocycles. The van der Waals surface area contributed by atoms with Gasteiger partial charge in [-0.3, -0.25) is 0 Å². The molecular weight excluding hydrogens is 377 g/mol. The van der Waals surface area contributed by atoms with E-state index in [4.69, 9.17) is 16.3 Å². The van der Waals surface area contributed by atoms with Gasteiger partial charge in [-0.25, -0.2) is 9.37 Å². The van der Waals surface area contributed by atoms with Crippen molar-refractivity contribution in [3.8, 4) is 11.5 Å². The molecule has 0 N–H and O–H groups in total. The van der Waals surface area contributed by atoms with Crippen molar-refractivity contribution in [2.45, 2.75) is 6.55 Å². The first-order chi connectivity index (χ1) is 13.1. The molecule has 4 rings (SSSR count). The molecule has 0 aliphatic heterocycles. The first-order valence-electron chi connectivity index (χ1n) is 8.70. The Hall–Kier alpha value is -2.69. The number of aromatic nitrogens is 1. The highest BCUT2D eigenvalue weighted by Gasteiger charge is 2.23. The molecule has 0 fully saturated rings. The summed E-state index contributed by atoms with van der Waals surface area (Å²) >= 11 is 6.52. The summed E-state index contributed by atoms with van der Waals surface area (Å²) in [5.41, 5.74) is 0.833. The van der Waals surface area contributed by atoms with E-state index in [1.807, 2.05) is 42.5 Å². The fourth-order valence-corrected chi connectivity index (χ4v) is 6.03. The van der Waals surface area contributed by atoms with Crippen molar-refractivity contribution in [1.29, 1.82) is 0 Å². The Kier molecular flexibility index (Phi) is 4.92. The van der Waals surface area contributed by atoms with E-state index in [0.717, 1.165) is 16.1 Å². The van der Waals surface area contributed by atoms with Crippen LogP contribution >= 0.6 is 11.6 Å².